The van der Waals surface area contributed by atoms with Gasteiger partial charge in [-0.3, -0.25) is 4.79 Å². The maximum atomic E-state index is 11.7. The minimum atomic E-state index is -0.453. The highest BCUT2D eigenvalue weighted by atomic mass is 35.5. The van der Waals surface area contributed by atoms with Gasteiger partial charge in [0.2, 0.25) is 0 Å². The van der Waals surface area contributed by atoms with Crippen molar-refractivity contribution >= 4 is 29.0 Å². The number of allylic oxidation sites excluding steroid dienone is 2. The molecule has 0 unspecified atom stereocenters. The summed E-state index contributed by atoms with van der Waals surface area (Å²) in [6, 6.07) is 6.45. The number of carbonyl (C=O) groups excluding carboxylic acids is 1. The molecule has 3 nitrogen and oxygen atoms in total. The van der Waals surface area contributed by atoms with Crippen LogP contribution in [-0.2, 0) is 11.2 Å². The Morgan fingerprint density at radius 1 is 1.41 bits per heavy atom. The molecule has 0 amide bonds. The van der Waals surface area contributed by atoms with Crippen LogP contribution in [0.5, 0.6) is 0 Å². The smallest absolute Gasteiger partial charge is 0.181 e. The first-order valence-corrected chi connectivity index (χ1v) is 5.48. The Morgan fingerprint density at radius 3 is 2.53 bits per heavy atom. The molecule has 0 heterocycles. The van der Waals surface area contributed by atoms with Gasteiger partial charge in [0, 0.05) is 6.42 Å². The molecule has 0 aliphatic rings. The third kappa shape index (κ3) is 3.48. The Balaban J connectivity index is 2.93. The van der Waals surface area contributed by atoms with E-state index in [9.17, 15) is 4.79 Å². The van der Waals surface area contributed by atoms with Gasteiger partial charge in [0.15, 0.2) is 5.78 Å². The SMILES string of the molecule is CC(O)=C(C#N)C(=O)Cc1ccc(Cl)c(Cl)c1. The van der Waals surface area contributed by atoms with E-state index in [4.69, 9.17) is 33.6 Å². The number of aliphatic hydroxyl groups is 1. The van der Waals surface area contributed by atoms with Crippen LogP contribution in [0, 0.1) is 11.3 Å². The summed E-state index contributed by atoms with van der Waals surface area (Å²) in [6.07, 6.45) is -0.00230. The second kappa shape index (κ2) is 5.72. The van der Waals surface area contributed by atoms with Crippen LogP contribution < -0.4 is 0 Å². The molecule has 0 bridgehead atoms. The quantitative estimate of drug-likeness (QED) is 0.519. The van der Waals surface area contributed by atoms with Gasteiger partial charge >= 0.3 is 0 Å². The first-order valence-electron chi connectivity index (χ1n) is 4.72. The van der Waals surface area contributed by atoms with Crippen molar-refractivity contribution in [1.29, 1.82) is 5.26 Å². The second-order valence-electron chi connectivity index (χ2n) is 3.42. The van der Waals surface area contributed by atoms with E-state index in [0.29, 0.717) is 15.6 Å². The highest BCUT2D eigenvalue weighted by Crippen LogP contribution is 2.23. The average molecular weight is 270 g/mol. The van der Waals surface area contributed by atoms with E-state index in [1.807, 2.05) is 0 Å². The lowest BCUT2D eigenvalue weighted by molar-refractivity contribution is -0.114. The lowest BCUT2D eigenvalue weighted by Crippen LogP contribution is -2.07. The van der Waals surface area contributed by atoms with E-state index in [1.54, 1.807) is 24.3 Å². The zero-order valence-electron chi connectivity index (χ0n) is 9.00. The summed E-state index contributed by atoms with van der Waals surface area (Å²) in [6.45, 7) is 1.30. The zero-order valence-corrected chi connectivity index (χ0v) is 10.5. The molecule has 0 radical (unpaired) electrons. The maximum Gasteiger partial charge on any atom is 0.181 e. The van der Waals surface area contributed by atoms with Gasteiger partial charge in [-0.1, -0.05) is 29.3 Å². The van der Waals surface area contributed by atoms with Gasteiger partial charge in [-0.2, -0.15) is 5.26 Å². The van der Waals surface area contributed by atoms with E-state index in [0.717, 1.165) is 0 Å². The summed E-state index contributed by atoms with van der Waals surface area (Å²) in [5, 5.41) is 18.6. The van der Waals surface area contributed by atoms with Crippen LogP contribution in [0.4, 0.5) is 0 Å². The fourth-order valence-electron chi connectivity index (χ4n) is 1.27. The number of benzene rings is 1. The normalized spacial score (nSPS) is 11.6. The fraction of sp³-hybridized carbons (Fsp3) is 0.167. The van der Waals surface area contributed by atoms with E-state index in [1.165, 1.54) is 6.92 Å². The van der Waals surface area contributed by atoms with Crippen LogP contribution in [0.2, 0.25) is 10.0 Å². The first kappa shape index (κ1) is 13.6. The Hall–Kier alpha value is -1.50. The van der Waals surface area contributed by atoms with E-state index >= 15 is 0 Å². The average Bonchev–Trinajstić information content (AvgIpc) is 2.24. The van der Waals surface area contributed by atoms with Crippen LogP contribution in [0.25, 0.3) is 0 Å². The highest BCUT2D eigenvalue weighted by molar-refractivity contribution is 6.42. The minimum Gasteiger partial charge on any atom is -0.511 e. The molecule has 0 aliphatic heterocycles. The summed E-state index contributed by atoms with van der Waals surface area (Å²) in [5.74, 6) is -0.733. The number of rotatable bonds is 3. The standard InChI is InChI=1S/C12H9Cl2NO2/c1-7(16)9(6-15)12(17)5-8-2-3-10(13)11(14)4-8/h2-4,16H,5H2,1H3. The molecule has 0 aliphatic carbocycles. The summed E-state index contributed by atoms with van der Waals surface area (Å²) >= 11 is 11.5. The molecule has 0 saturated carbocycles. The van der Waals surface area contributed by atoms with Gasteiger partial charge in [0.1, 0.15) is 17.4 Å². The number of nitriles is 1. The number of nitrogens with zero attached hydrogens (tertiary/aromatic N) is 1. The molecule has 1 aromatic carbocycles. The van der Waals surface area contributed by atoms with E-state index in [2.05, 4.69) is 0 Å². The maximum absolute atomic E-state index is 11.7. The Bertz CT molecular complexity index is 526. The number of Topliss-reactive ketones (excluding diaryl/α,β-unsaturated/α-hetero) is 1. The van der Waals surface area contributed by atoms with Gasteiger partial charge in [-0.05, 0) is 24.6 Å². The van der Waals surface area contributed by atoms with Crippen molar-refractivity contribution < 1.29 is 9.90 Å². The van der Waals surface area contributed by atoms with Crippen LogP contribution in [0.15, 0.2) is 29.5 Å². The van der Waals surface area contributed by atoms with Crippen LogP contribution in [-0.4, -0.2) is 10.9 Å². The van der Waals surface area contributed by atoms with Crippen molar-refractivity contribution in [1.82, 2.24) is 0 Å². The zero-order chi connectivity index (χ0) is 13.0. The molecule has 5 heteroatoms. The van der Waals surface area contributed by atoms with Crippen molar-refractivity contribution in [3.05, 3.63) is 45.1 Å². The van der Waals surface area contributed by atoms with Gasteiger partial charge in [0.25, 0.3) is 0 Å². The third-order valence-electron chi connectivity index (χ3n) is 2.10. The molecule has 0 spiro atoms. The third-order valence-corrected chi connectivity index (χ3v) is 2.84. The Labute approximate surface area is 109 Å². The summed E-state index contributed by atoms with van der Waals surface area (Å²) < 4.78 is 0. The molecule has 17 heavy (non-hydrogen) atoms. The van der Waals surface area contributed by atoms with E-state index in [-0.39, 0.29) is 17.8 Å². The van der Waals surface area contributed by atoms with Crippen LogP contribution in [0.1, 0.15) is 12.5 Å². The predicted octanol–water partition coefficient (Wildman–Crippen LogP) is 3.46. The van der Waals surface area contributed by atoms with Crippen molar-refractivity contribution in [2.75, 3.05) is 0 Å². The minimum absolute atomic E-state index is 0.00230. The lowest BCUT2D eigenvalue weighted by Gasteiger charge is -2.02. The molecule has 1 aromatic rings. The van der Waals surface area contributed by atoms with Gasteiger partial charge < -0.3 is 5.11 Å². The number of ketones is 1. The second-order valence-corrected chi connectivity index (χ2v) is 4.24. The lowest BCUT2D eigenvalue weighted by atomic mass is 10.0. The molecule has 0 aromatic heterocycles. The van der Waals surface area contributed by atoms with Gasteiger partial charge in [-0.15, -0.1) is 0 Å². The largest absolute Gasteiger partial charge is 0.511 e. The predicted molar refractivity (Wildman–Crippen MR) is 66.1 cm³/mol. The van der Waals surface area contributed by atoms with Crippen molar-refractivity contribution in [3.63, 3.8) is 0 Å². The van der Waals surface area contributed by atoms with Crippen LogP contribution >= 0.6 is 23.2 Å². The Morgan fingerprint density at radius 2 is 2.06 bits per heavy atom. The van der Waals surface area contributed by atoms with Gasteiger partial charge in [0.05, 0.1) is 10.0 Å². The highest BCUT2D eigenvalue weighted by Gasteiger charge is 2.13. The van der Waals surface area contributed by atoms with Crippen molar-refractivity contribution in [2.45, 2.75) is 13.3 Å². The monoisotopic (exact) mass is 269 g/mol. The van der Waals surface area contributed by atoms with Crippen molar-refractivity contribution in [3.8, 4) is 6.07 Å². The molecule has 0 saturated heterocycles. The fourth-order valence-corrected chi connectivity index (χ4v) is 1.59. The number of hydrogen-bond donors (Lipinski definition) is 1. The topological polar surface area (TPSA) is 61.1 Å². The summed E-state index contributed by atoms with van der Waals surface area (Å²) in [5.41, 5.74) is 0.398. The number of aliphatic hydroxyl groups excluding tert-OH is 1. The summed E-state index contributed by atoms with van der Waals surface area (Å²) in [7, 11) is 0. The molecule has 0 fully saturated rings. The molecular weight excluding hydrogens is 261 g/mol. The summed E-state index contributed by atoms with van der Waals surface area (Å²) in [4.78, 5) is 11.7. The molecule has 0 atom stereocenters. The number of halogens is 2. The number of hydrogen-bond acceptors (Lipinski definition) is 3. The molecule has 1 rings (SSSR count). The Kier molecular flexibility index (Phi) is 4.56. The molecule has 1 N–H and O–H groups in total. The van der Waals surface area contributed by atoms with Crippen LogP contribution in [0.3, 0.4) is 0 Å². The van der Waals surface area contributed by atoms with E-state index < -0.39 is 5.78 Å². The number of carbonyl (C=O) groups is 1. The molecule has 88 valence electrons. The van der Waals surface area contributed by atoms with Crippen molar-refractivity contribution in [2.24, 2.45) is 0 Å². The molecular formula is C12H9Cl2NO2. The first-order chi connectivity index (χ1) is 7.95. The van der Waals surface area contributed by atoms with Gasteiger partial charge in [-0.25, -0.2) is 0 Å².